The molecule has 1 atom stereocenters. The minimum absolute atomic E-state index is 0.919. The molecule has 0 aliphatic carbocycles. The van der Waals surface area contributed by atoms with Gasteiger partial charge in [-0.25, -0.2) is 0 Å². The molecule has 0 aliphatic heterocycles. The molecule has 0 aromatic heterocycles. The van der Waals surface area contributed by atoms with Gasteiger partial charge in [-0.2, -0.15) is 0 Å². The lowest BCUT2D eigenvalue weighted by Gasteiger charge is -2.07. The van der Waals surface area contributed by atoms with Gasteiger partial charge in [-0.3, -0.25) is 10.9 Å². The predicted molar refractivity (Wildman–Crippen MR) is 55.0 cm³/mol. The fourth-order valence-corrected chi connectivity index (χ4v) is 1.21. The van der Waals surface area contributed by atoms with Crippen LogP contribution in [-0.2, 0) is 0 Å². The number of hydrazine groups is 1. The Morgan fingerprint density at radius 3 is 2.50 bits per heavy atom. The number of hydrogen-bond acceptors (Lipinski definition) is 2. The SMILES string of the molecule is CC[C@@H](C)CCCCCNNC. The standard InChI is InChI=1S/C10H24N2/c1-4-10(2)8-6-5-7-9-12-11-3/h10-12H,4-9H2,1-3H3/t10-/m1/s1. The Morgan fingerprint density at radius 2 is 1.92 bits per heavy atom. The molecule has 2 heteroatoms. The first kappa shape index (κ1) is 11.9. The molecule has 74 valence electrons. The Balaban J connectivity index is 2.90. The fraction of sp³-hybridized carbons (Fsp3) is 1.00. The first-order valence-corrected chi connectivity index (χ1v) is 5.20. The Labute approximate surface area is 77.1 Å². The molecule has 0 unspecified atom stereocenters. The van der Waals surface area contributed by atoms with Gasteiger partial charge >= 0.3 is 0 Å². The van der Waals surface area contributed by atoms with Crippen molar-refractivity contribution in [3.05, 3.63) is 0 Å². The third-order valence-corrected chi connectivity index (χ3v) is 2.37. The zero-order valence-corrected chi connectivity index (χ0v) is 8.82. The first-order chi connectivity index (χ1) is 5.81. The van der Waals surface area contributed by atoms with E-state index in [1.165, 1.54) is 32.1 Å². The summed E-state index contributed by atoms with van der Waals surface area (Å²) in [5.74, 6) is 0.919. The van der Waals surface area contributed by atoms with Crippen molar-refractivity contribution in [2.45, 2.75) is 46.0 Å². The van der Waals surface area contributed by atoms with E-state index >= 15 is 0 Å². The van der Waals surface area contributed by atoms with Crippen molar-refractivity contribution in [3.63, 3.8) is 0 Å². The molecule has 0 radical (unpaired) electrons. The summed E-state index contributed by atoms with van der Waals surface area (Å²) in [7, 11) is 1.92. The summed E-state index contributed by atoms with van der Waals surface area (Å²) < 4.78 is 0. The summed E-state index contributed by atoms with van der Waals surface area (Å²) in [6.07, 6.45) is 6.77. The number of rotatable bonds is 8. The van der Waals surface area contributed by atoms with Crippen LogP contribution in [-0.4, -0.2) is 13.6 Å². The molecule has 0 spiro atoms. The van der Waals surface area contributed by atoms with Crippen LogP contribution in [0, 0.1) is 5.92 Å². The van der Waals surface area contributed by atoms with Crippen LogP contribution in [0.5, 0.6) is 0 Å². The van der Waals surface area contributed by atoms with Crippen LogP contribution in [0.3, 0.4) is 0 Å². The Hall–Kier alpha value is -0.0800. The third-order valence-electron chi connectivity index (χ3n) is 2.37. The normalized spacial score (nSPS) is 13.2. The second-order valence-electron chi connectivity index (χ2n) is 3.54. The predicted octanol–water partition coefficient (Wildman–Crippen LogP) is 2.32. The van der Waals surface area contributed by atoms with Gasteiger partial charge in [-0.15, -0.1) is 0 Å². The molecular weight excluding hydrogens is 148 g/mol. The van der Waals surface area contributed by atoms with Crippen molar-refractivity contribution in [1.29, 1.82) is 0 Å². The zero-order chi connectivity index (χ0) is 9.23. The van der Waals surface area contributed by atoms with Crippen molar-refractivity contribution in [1.82, 2.24) is 10.9 Å². The largest absolute Gasteiger partial charge is 0.261 e. The molecule has 0 bridgehead atoms. The highest BCUT2D eigenvalue weighted by Gasteiger charge is 1.97. The van der Waals surface area contributed by atoms with Gasteiger partial charge in [0.25, 0.3) is 0 Å². The van der Waals surface area contributed by atoms with Gasteiger partial charge in [-0.05, 0) is 19.4 Å². The molecular formula is C10H24N2. The Morgan fingerprint density at radius 1 is 1.17 bits per heavy atom. The molecule has 0 aromatic carbocycles. The summed E-state index contributed by atoms with van der Waals surface area (Å²) in [6, 6.07) is 0. The second-order valence-corrected chi connectivity index (χ2v) is 3.54. The summed E-state index contributed by atoms with van der Waals surface area (Å²) in [4.78, 5) is 0. The van der Waals surface area contributed by atoms with Crippen LogP contribution in [0.4, 0.5) is 0 Å². The summed E-state index contributed by atoms with van der Waals surface area (Å²) in [5.41, 5.74) is 6.03. The van der Waals surface area contributed by atoms with Gasteiger partial charge in [0.05, 0.1) is 0 Å². The van der Waals surface area contributed by atoms with Crippen LogP contribution in [0.1, 0.15) is 46.0 Å². The van der Waals surface area contributed by atoms with Crippen LogP contribution >= 0.6 is 0 Å². The molecule has 2 N–H and O–H groups in total. The van der Waals surface area contributed by atoms with Crippen molar-refractivity contribution >= 4 is 0 Å². The maximum absolute atomic E-state index is 3.10. The minimum atomic E-state index is 0.919. The fourth-order valence-electron chi connectivity index (χ4n) is 1.21. The average Bonchev–Trinajstić information content (AvgIpc) is 2.10. The molecule has 0 rings (SSSR count). The third kappa shape index (κ3) is 8.02. The molecule has 12 heavy (non-hydrogen) atoms. The number of nitrogens with one attached hydrogen (secondary N) is 2. The summed E-state index contributed by atoms with van der Waals surface area (Å²) in [6.45, 7) is 5.70. The van der Waals surface area contributed by atoms with Crippen molar-refractivity contribution in [2.24, 2.45) is 5.92 Å². The molecule has 0 saturated heterocycles. The van der Waals surface area contributed by atoms with E-state index in [1.807, 2.05) is 7.05 Å². The highest BCUT2D eigenvalue weighted by atomic mass is 15.3. The Bertz CT molecular complexity index is 83.9. The van der Waals surface area contributed by atoms with Gasteiger partial charge in [0.15, 0.2) is 0 Å². The van der Waals surface area contributed by atoms with E-state index < -0.39 is 0 Å². The van der Waals surface area contributed by atoms with Crippen LogP contribution in [0.25, 0.3) is 0 Å². The quantitative estimate of drug-likeness (QED) is 0.434. The van der Waals surface area contributed by atoms with E-state index in [1.54, 1.807) is 0 Å². The topological polar surface area (TPSA) is 24.1 Å². The van der Waals surface area contributed by atoms with Gasteiger partial charge in [0, 0.05) is 6.54 Å². The average molecular weight is 172 g/mol. The molecule has 0 fully saturated rings. The smallest absolute Gasteiger partial charge is 0.00996 e. The van der Waals surface area contributed by atoms with Crippen LogP contribution in [0.15, 0.2) is 0 Å². The molecule has 0 aromatic rings. The van der Waals surface area contributed by atoms with Gasteiger partial charge in [0.2, 0.25) is 0 Å². The second kappa shape index (κ2) is 9.01. The maximum atomic E-state index is 3.10. The van der Waals surface area contributed by atoms with Crippen molar-refractivity contribution in [2.75, 3.05) is 13.6 Å². The molecule has 2 nitrogen and oxygen atoms in total. The molecule has 0 saturated carbocycles. The zero-order valence-electron chi connectivity index (χ0n) is 8.82. The summed E-state index contributed by atoms with van der Waals surface area (Å²) >= 11 is 0. The van der Waals surface area contributed by atoms with Crippen molar-refractivity contribution < 1.29 is 0 Å². The van der Waals surface area contributed by atoms with E-state index in [4.69, 9.17) is 0 Å². The van der Waals surface area contributed by atoms with Gasteiger partial charge < -0.3 is 0 Å². The molecule has 0 aliphatic rings. The van der Waals surface area contributed by atoms with Crippen molar-refractivity contribution in [3.8, 4) is 0 Å². The van der Waals surface area contributed by atoms with E-state index in [0.717, 1.165) is 12.5 Å². The highest BCUT2D eigenvalue weighted by molar-refractivity contribution is 4.51. The van der Waals surface area contributed by atoms with Crippen LogP contribution < -0.4 is 10.9 Å². The van der Waals surface area contributed by atoms with E-state index in [0.29, 0.717) is 0 Å². The number of hydrogen-bond donors (Lipinski definition) is 2. The monoisotopic (exact) mass is 172 g/mol. The lowest BCUT2D eigenvalue weighted by molar-refractivity contribution is 0.468. The minimum Gasteiger partial charge on any atom is -0.261 e. The van der Waals surface area contributed by atoms with Gasteiger partial charge in [-0.1, -0.05) is 39.5 Å². The van der Waals surface area contributed by atoms with E-state index in [2.05, 4.69) is 24.7 Å². The van der Waals surface area contributed by atoms with E-state index in [-0.39, 0.29) is 0 Å². The van der Waals surface area contributed by atoms with E-state index in [9.17, 15) is 0 Å². The highest BCUT2D eigenvalue weighted by Crippen LogP contribution is 2.11. The maximum Gasteiger partial charge on any atom is 0.00996 e. The van der Waals surface area contributed by atoms with Crippen LogP contribution in [0.2, 0.25) is 0 Å². The number of unbranched alkanes of at least 4 members (excludes halogenated alkanes) is 2. The Kier molecular flexibility index (Phi) is 8.95. The first-order valence-electron chi connectivity index (χ1n) is 5.20. The molecule has 0 amide bonds. The lowest BCUT2D eigenvalue weighted by Crippen LogP contribution is -2.28. The molecule has 0 heterocycles. The van der Waals surface area contributed by atoms with Gasteiger partial charge in [0.1, 0.15) is 0 Å². The summed E-state index contributed by atoms with van der Waals surface area (Å²) in [5, 5.41) is 0. The lowest BCUT2D eigenvalue weighted by atomic mass is 10.0.